The minimum atomic E-state index is -1.39. The van der Waals surface area contributed by atoms with Gasteiger partial charge in [0.2, 0.25) is 0 Å². The molecule has 2 atom stereocenters. The number of aryl methyl sites for hydroxylation is 1. The summed E-state index contributed by atoms with van der Waals surface area (Å²) in [6.07, 6.45) is 2.36. The Kier molecular flexibility index (Phi) is 7.17. The van der Waals surface area contributed by atoms with Crippen LogP contribution < -0.4 is 9.62 Å². The van der Waals surface area contributed by atoms with Crippen LogP contribution in [0.4, 0.5) is 11.4 Å². The summed E-state index contributed by atoms with van der Waals surface area (Å²) < 4.78 is 29.9. The summed E-state index contributed by atoms with van der Waals surface area (Å²) in [4.78, 5) is 3.77. The van der Waals surface area contributed by atoms with E-state index < -0.39 is 22.7 Å². The Labute approximate surface area is 174 Å². The van der Waals surface area contributed by atoms with Crippen molar-refractivity contribution in [2.24, 2.45) is 5.92 Å². The van der Waals surface area contributed by atoms with Crippen molar-refractivity contribution in [1.29, 1.82) is 0 Å². The van der Waals surface area contributed by atoms with Crippen molar-refractivity contribution in [3.63, 3.8) is 0 Å². The lowest BCUT2D eigenvalue weighted by Gasteiger charge is -2.34. The van der Waals surface area contributed by atoms with Gasteiger partial charge in [0.05, 0.1) is 17.0 Å². The lowest BCUT2D eigenvalue weighted by atomic mass is 9.98. The Morgan fingerprint density at radius 1 is 1.00 bits per heavy atom. The number of nitrogens with zero attached hydrogens (tertiary/aromatic N) is 2. The van der Waals surface area contributed by atoms with Crippen molar-refractivity contribution in [3.8, 4) is 0 Å². The van der Waals surface area contributed by atoms with E-state index in [0.717, 1.165) is 30.4 Å². The second-order valence-corrected chi connectivity index (χ2v) is 10.5. The summed E-state index contributed by atoms with van der Waals surface area (Å²) in [6.45, 7) is 6.46. The summed E-state index contributed by atoms with van der Waals surface area (Å²) in [5.74, 6) is 0.761. The normalized spacial score (nSPS) is 17.6. The molecule has 0 aliphatic carbocycles. The first kappa shape index (κ1) is 21.3. The monoisotopic (exact) mass is 419 g/mol. The molecule has 1 aliphatic rings. The van der Waals surface area contributed by atoms with E-state index >= 15 is 0 Å². The van der Waals surface area contributed by atoms with Crippen molar-refractivity contribution in [2.45, 2.75) is 36.5 Å². The first-order valence-corrected chi connectivity index (χ1v) is 11.8. The second kappa shape index (κ2) is 9.41. The summed E-state index contributed by atoms with van der Waals surface area (Å²) in [6, 6.07) is 13.2. The molecule has 0 spiro atoms. The predicted molar refractivity (Wildman–Crippen MR) is 118 cm³/mol. The third kappa shape index (κ3) is 4.96. The molecule has 0 aromatic heterocycles. The molecule has 28 heavy (non-hydrogen) atoms. The highest BCUT2D eigenvalue weighted by atomic mass is 32.2. The minimum absolute atomic E-state index is 0.666. The van der Waals surface area contributed by atoms with Gasteiger partial charge in [0.15, 0.2) is 9.79 Å². The van der Waals surface area contributed by atoms with E-state index in [4.69, 9.17) is 0 Å². The average molecular weight is 420 g/mol. The molecule has 0 amide bonds. The smallest absolute Gasteiger partial charge is 0.180 e. The zero-order valence-corrected chi connectivity index (χ0v) is 18.6. The molecule has 0 radical (unpaired) electrons. The highest BCUT2D eigenvalue weighted by Gasteiger charge is 2.23. The third-order valence-electron chi connectivity index (χ3n) is 5.11. The lowest BCUT2D eigenvalue weighted by molar-refractivity contribution is 0.438. The molecule has 1 aliphatic heterocycles. The molecule has 3 rings (SSSR count). The van der Waals surface area contributed by atoms with Crippen LogP contribution in [0.5, 0.6) is 0 Å². The topological polar surface area (TPSA) is 64.6 Å². The van der Waals surface area contributed by atoms with Crippen molar-refractivity contribution in [3.05, 3.63) is 48.0 Å². The van der Waals surface area contributed by atoms with Gasteiger partial charge in [-0.3, -0.25) is 0 Å². The average Bonchev–Trinajstić information content (AvgIpc) is 2.68. The van der Waals surface area contributed by atoms with Crippen LogP contribution in [0, 0.1) is 12.8 Å². The fourth-order valence-electron chi connectivity index (χ4n) is 3.44. The molecule has 2 aromatic carbocycles. The zero-order valence-electron chi connectivity index (χ0n) is 17.0. The molecule has 5 nitrogen and oxygen atoms in total. The molecule has 1 saturated heterocycles. The van der Waals surface area contributed by atoms with E-state index in [9.17, 15) is 9.11 Å². The zero-order chi connectivity index (χ0) is 20.3. The van der Waals surface area contributed by atoms with Crippen molar-refractivity contribution < 1.29 is 9.11 Å². The van der Waals surface area contributed by atoms with Gasteiger partial charge in [0.25, 0.3) is 0 Å². The summed E-state index contributed by atoms with van der Waals surface area (Å²) in [7, 11) is 3.54. The van der Waals surface area contributed by atoms with Crippen LogP contribution in [-0.2, 0) is 22.7 Å². The van der Waals surface area contributed by atoms with Crippen molar-refractivity contribution in [1.82, 2.24) is 4.31 Å². The largest absolute Gasteiger partial charge is 0.593 e. The van der Waals surface area contributed by atoms with Crippen LogP contribution >= 0.6 is 0 Å². The summed E-state index contributed by atoms with van der Waals surface area (Å²) in [5, 5.41) is 0. The van der Waals surface area contributed by atoms with Gasteiger partial charge in [-0.1, -0.05) is 19.1 Å². The molecule has 1 fully saturated rings. The molecule has 2 aromatic rings. The van der Waals surface area contributed by atoms with Crippen LogP contribution in [0.15, 0.2) is 52.3 Å². The number of para-hydroxylation sites is 1. The molecular weight excluding hydrogens is 390 g/mol. The minimum Gasteiger partial charge on any atom is -0.593 e. The van der Waals surface area contributed by atoms with Crippen LogP contribution in [0.1, 0.15) is 25.3 Å². The van der Waals surface area contributed by atoms with Gasteiger partial charge in [0, 0.05) is 51.5 Å². The number of hydrogen-bond acceptors (Lipinski definition) is 5. The van der Waals surface area contributed by atoms with E-state index in [1.54, 1.807) is 42.7 Å². The molecule has 0 bridgehead atoms. The standard InChI is InChI=1S/C21H29N3O2S2/c1-16-12-14-24(15-13-16)21-17(2)6-5-7-20(21)22-27(25)18-8-10-19(11-9-18)28(26)23(3)4/h5-11,16,22H,12-15H2,1-4H3. The van der Waals surface area contributed by atoms with E-state index in [2.05, 4.69) is 29.5 Å². The maximum atomic E-state index is 12.9. The van der Waals surface area contributed by atoms with E-state index in [-0.39, 0.29) is 0 Å². The lowest BCUT2D eigenvalue weighted by Crippen LogP contribution is -2.34. The fourth-order valence-corrected chi connectivity index (χ4v) is 5.10. The second-order valence-electron chi connectivity index (χ2n) is 7.54. The first-order chi connectivity index (χ1) is 13.4. The van der Waals surface area contributed by atoms with Crippen molar-refractivity contribution in [2.75, 3.05) is 36.8 Å². The van der Waals surface area contributed by atoms with E-state index in [0.29, 0.717) is 9.79 Å². The molecule has 1 N–H and O–H groups in total. The molecular formula is C21H29N3O2S2. The number of nitrogens with one attached hydrogen (secondary N) is 1. The van der Waals surface area contributed by atoms with Gasteiger partial charge < -0.3 is 14.0 Å². The number of hydrogen-bond donors (Lipinski definition) is 1. The Balaban J connectivity index is 1.77. The predicted octanol–water partition coefficient (Wildman–Crippen LogP) is 3.95. The molecule has 7 heteroatoms. The van der Waals surface area contributed by atoms with Gasteiger partial charge in [-0.2, -0.15) is 0 Å². The maximum absolute atomic E-state index is 12.9. The summed E-state index contributed by atoms with van der Waals surface area (Å²) in [5.41, 5.74) is 3.23. The van der Waals surface area contributed by atoms with Gasteiger partial charge in [-0.05, 0) is 37.3 Å². The number of benzene rings is 2. The van der Waals surface area contributed by atoms with Gasteiger partial charge >= 0.3 is 0 Å². The van der Waals surface area contributed by atoms with Gasteiger partial charge in [-0.25, -0.2) is 4.72 Å². The number of anilines is 2. The van der Waals surface area contributed by atoms with Gasteiger partial charge in [0.1, 0.15) is 17.0 Å². The van der Waals surface area contributed by atoms with E-state index in [1.165, 1.54) is 18.4 Å². The van der Waals surface area contributed by atoms with Crippen LogP contribution in [0.25, 0.3) is 0 Å². The fraction of sp³-hybridized carbons (Fsp3) is 0.429. The molecule has 0 saturated carbocycles. The Bertz CT molecular complexity index is 778. The Hall–Kier alpha value is -1.38. The van der Waals surface area contributed by atoms with Gasteiger partial charge in [-0.15, -0.1) is 4.31 Å². The third-order valence-corrected chi connectivity index (χ3v) is 7.56. The molecule has 2 unspecified atom stereocenters. The SMILES string of the molecule is Cc1cccc(N[S+]([O-])c2ccc([S+]([O-])N(C)C)cc2)c1N1CCC(C)CC1. The number of piperidine rings is 1. The quantitative estimate of drug-likeness (QED) is 0.718. The van der Waals surface area contributed by atoms with Crippen LogP contribution in [0.3, 0.4) is 0 Å². The van der Waals surface area contributed by atoms with Crippen molar-refractivity contribution >= 4 is 34.1 Å². The van der Waals surface area contributed by atoms with Crippen LogP contribution in [-0.4, -0.2) is 40.6 Å². The summed E-state index contributed by atoms with van der Waals surface area (Å²) >= 11 is -2.59. The highest BCUT2D eigenvalue weighted by molar-refractivity contribution is 7.92. The highest BCUT2D eigenvalue weighted by Crippen LogP contribution is 2.34. The Morgan fingerprint density at radius 3 is 2.21 bits per heavy atom. The maximum Gasteiger partial charge on any atom is 0.180 e. The number of rotatable bonds is 6. The first-order valence-electron chi connectivity index (χ1n) is 9.59. The Morgan fingerprint density at radius 2 is 1.61 bits per heavy atom. The van der Waals surface area contributed by atoms with E-state index in [1.807, 2.05) is 12.1 Å². The molecule has 1 heterocycles. The van der Waals surface area contributed by atoms with Crippen LogP contribution in [0.2, 0.25) is 0 Å². The molecule has 152 valence electrons.